The Morgan fingerprint density at radius 1 is 1.61 bits per heavy atom. The molecule has 18 heavy (non-hydrogen) atoms. The molecule has 0 atom stereocenters. The summed E-state index contributed by atoms with van der Waals surface area (Å²) in [6.07, 6.45) is 2.18. The van der Waals surface area contributed by atoms with E-state index in [9.17, 15) is 4.79 Å². The van der Waals surface area contributed by atoms with Gasteiger partial charge in [0.05, 0.1) is 28.9 Å². The average Bonchev–Trinajstić information content (AvgIpc) is 3.20. The van der Waals surface area contributed by atoms with Gasteiger partial charge in [0, 0.05) is 13.1 Å². The van der Waals surface area contributed by atoms with Crippen molar-refractivity contribution >= 4 is 23.2 Å². The molecule has 0 aliphatic heterocycles. The van der Waals surface area contributed by atoms with Crippen molar-refractivity contribution in [2.24, 2.45) is 0 Å². The second kappa shape index (κ2) is 5.28. The van der Waals surface area contributed by atoms with Gasteiger partial charge in [-0.3, -0.25) is 4.79 Å². The lowest BCUT2D eigenvalue weighted by molar-refractivity contribution is -0.128. The van der Waals surface area contributed by atoms with E-state index in [1.165, 1.54) is 0 Å². The zero-order chi connectivity index (χ0) is 13.1. The molecule has 2 rings (SSSR count). The molecule has 1 aliphatic carbocycles. The molecule has 1 N–H and O–H groups in total. The van der Waals surface area contributed by atoms with Gasteiger partial charge in [0.1, 0.15) is 0 Å². The fraction of sp³-hybridized carbons (Fsp3) is 0.385. The van der Waals surface area contributed by atoms with E-state index in [-0.39, 0.29) is 12.5 Å². The molecule has 1 fully saturated rings. The van der Waals surface area contributed by atoms with Crippen molar-refractivity contribution in [2.45, 2.75) is 18.9 Å². The van der Waals surface area contributed by atoms with Crippen molar-refractivity contribution < 1.29 is 4.79 Å². The van der Waals surface area contributed by atoms with Crippen molar-refractivity contribution in [3.63, 3.8) is 0 Å². The van der Waals surface area contributed by atoms with Crippen LogP contribution in [0.15, 0.2) is 18.2 Å². The minimum absolute atomic E-state index is 0.0379. The maximum Gasteiger partial charge on any atom is 0.241 e. The summed E-state index contributed by atoms with van der Waals surface area (Å²) >= 11 is 5.99. The van der Waals surface area contributed by atoms with Gasteiger partial charge < -0.3 is 10.2 Å². The molecule has 1 aromatic carbocycles. The highest BCUT2D eigenvalue weighted by atomic mass is 35.5. The molecule has 0 radical (unpaired) electrons. The minimum Gasteiger partial charge on any atom is -0.375 e. The fourth-order valence-corrected chi connectivity index (χ4v) is 1.88. The number of nitrogens with one attached hydrogen (secondary N) is 1. The van der Waals surface area contributed by atoms with Crippen molar-refractivity contribution in [1.29, 1.82) is 5.26 Å². The number of hydrogen-bond acceptors (Lipinski definition) is 3. The third-order valence-electron chi connectivity index (χ3n) is 3.01. The molecule has 5 heteroatoms. The Morgan fingerprint density at radius 3 is 2.94 bits per heavy atom. The summed E-state index contributed by atoms with van der Waals surface area (Å²) in [4.78, 5) is 13.6. The maximum atomic E-state index is 11.8. The van der Waals surface area contributed by atoms with Crippen LogP contribution in [-0.4, -0.2) is 30.4 Å². The number of likely N-dealkylation sites (N-methyl/N-ethyl adjacent to an activating group) is 1. The van der Waals surface area contributed by atoms with Gasteiger partial charge in [-0.25, -0.2) is 0 Å². The van der Waals surface area contributed by atoms with E-state index in [1.807, 2.05) is 13.1 Å². The third kappa shape index (κ3) is 2.93. The molecule has 1 aromatic rings. The van der Waals surface area contributed by atoms with E-state index < -0.39 is 0 Å². The second-order valence-electron chi connectivity index (χ2n) is 4.40. The van der Waals surface area contributed by atoms with Gasteiger partial charge >= 0.3 is 0 Å². The van der Waals surface area contributed by atoms with Crippen LogP contribution >= 0.6 is 11.6 Å². The third-order valence-corrected chi connectivity index (χ3v) is 3.34. The van der Waals surface area contributed by atoms with Gasteiger partial charge in [0.2, 0.25) is 5.91 Å². The number of anilines is 1. The number of hydrogen-bond donors (Lipinski definition) is 1. The Hall–Kier alpha value is -1.73. The van der Waals surface area contributed by atoms with E-state index >= 15 is 0 Å². The summed E-state index contributed by atoms with van der Waals surface area (Å²) in [6, 6.07) is 7.38. The van der Waals surface area contributed by atoms with Crippen LogP contribution in [-0.2, 0) is 4.79 Å². The van der Waals surface area contributed by atoms with Gasteiger partial charge in [-0.05, 0) is 31.0 Å². The van der Waals surface area contributed by atoms with Gasteiger partial charge in [-0.2, -0.15) is 5.26 Å². The molecule has 1 saturated carbocycles. The first-order chi connectivity index (χ1) is 8.61. The second-order valence-corrected chi connectivity index (χ2v) is 4.80. The number of amides is 1. The number of nitrogens with zero attached hydrogens (tertiary/aromatic N) is 2. The molecule has 1 amide bonds. The van der Waals surface area contributed by atoms with Gasteiger partial charge in [-0.1, -0.05) is 11.6 Å². The Balaban J connectivity index is 1.97. The molecule has 0 bridgehead atoms. The lowest BCUT2D eigenvalue weighted by Crippen LogP contribution is -2.33. The minimum atomic E-state index is 0.0379. The van der Waals surface area contributed by atoms with Gasteiger partial charge in [-0.15, -0.1) is 0 Å². The molecule has 0 heterocycles. The molecule has 94 valence electrons. The topological polar surface area (TPSA) is 56.1 Å². The van der Waals surface area contributed by atoms with Crippen LogP contribution in [0, 0.1) is 11.3 Å². The first-order valence-corrected chi connectivity index (χ1v) is 6.19. The summed E-state index contributed by atoms with van der Waals surface area (Å²) in [5.41, 5.74) is 1.14. The smallest absolute Gasteiger partial charge is 0.241 e. The Labute approximate surface area is 111 Å². The number of halogens is 1. The average molecular weight is 264 g/mol. The zero-order valence-corrected chi connectivity index (χ0v) is 10.9. The molecule has 1 aliphatic rings. The van der Waals surface area contributed by atoms with Crippen LogP contribution in [0.5, 0.6) is 0 Å². The van der Waals surface area contributed by atoms with E-state index in [1.54, 1.807) is 23.1 Å². The van der Waals surface area contributed by atoms with Crippen molar-refractivity contribution in [2.75, 3.05) is 18.9 Å². The highest BCUT2D eigenvalue weighted by molar-refractivity contribution is 6.33. The summed E-state index contributed by atoms with van der Waals surface area (Å²) < 4.78 is 0. The Kier molecular flexibility index (Phi) is 3.73. The summed E-state index contributed by atoms with van der Waals surface area (Å²) in [7, 11) is 1.81. The first-order valence-electron chi connectivity index (χ1n) is 5.81. The molecule has 4 nitrogen and oxygen atoms in total. The fourth-order valence-electron chi connectivity index (χ4n) is 1.69. The van der Waals surface area contributed by atoms with Crippen LogP contribution in [0.2, 0.25) is 5.02 Å². The molecule has 0 aromatic heterocycles. The summed E-state index contributed by atoms with van der Waals surface area (Å²) in [5, 5.41) is 12.3. The van der Waals surface area contributed by atoms with E-state index in [0.29, 0.717) is 22.3 Å². The summed E-state index contributed by atoms with van der Waals surface area (Å²) in [5.74, 6) is 0.0379. The maximum absolute atomic E-state index is 11.8. The lowest BCUT2D eigenvalue weighted by atomic mass is 10.2. The van der Waals surface area contributed by atoms with Crippen LogP contribution in [0.1, 0.15) is 18.4 Å². The highest BCUT2D eigenvalue weighted by Crippen LogP contribution is 2.26. The number of nitriles is 1. The van der Waals surface area contributed by atoms with E-state index in [4.69, 9.17) is 16.9 Å². The van der Waals surface area contributed by atoms with Crippen molar-refractivity contribution in [3.8, 4) is 6.07 Å². The Bertz CT molecular complexity index is 505. The number of carbonyl (C=O) groups excluding carboxylic acids is 1. The van der Waals surface area contributed by atoms with Crippen molar-refractivity contribution in [3.05, 3.63) is 28.8 Å². The molecule has 0 spiro atoms. The lowest BCUT2D eigenvalue weighted by Gasteiger charge is -2.17. The quantitative estimate of drug-likeness (QED) is 0.906. The molecular formula is C13H14ClN3O. The molecule has 0 saturated heterocycles. The monoisotopic (exact) mass is 263 g/mol. The largest absolute Gasteiger partial charge is 0.375 e. The number of benzene rings is 1. The van der Waals surface area contributed by atoms with Crippen LogP contribution in [0.4, 0.5) is 5.69 Å². The first kappa shape index (κ1) is 12.7. The van der Waals surface area contributed by atoms with E-state index in [0.717, 1.165) is 12.8 Å². The van der Waals surface area contributed by atoms with Gasteiger partial charge in [0.15, 0.2) is 0 Å². The zero-order valence-electron chi connectivity index (χ0n) is 10.1. The molecular weight excluding hydrogens is 250 g/mol. The Morgan fingerprint density at radius 2 is 2.33 bits per heavy atom. The van der Waals surface area contributed by atoms with Crippen LogP contribution in [0.25, 0.3) is 0 Å². The SMILES string of the molecule is CN(C(=O)CNc1cc(C#N)ccc1Cl)C1CC1. The standard InChI is InChI=1S/C13H14ClN3O/c1-17(10-3-4-10)13(18)8-16-12-6-9(7-15)2-5-11(12)14/h2,5-6,10,16H,3-4,8H2,1H3. The van der Waals surface area contributed by atoms with E-state index in [2.05, 4.69) is 5.32 Å². The predicted molar refractivity (Wildman–Crippen MR) is 70.4 cm³/mol. The summed E-state index contributed by atoms with van der Waals surface area (Å²) in [6.45, 7) is 0.196. The van der Waals surface area contributed by atoms with Crippen LogP contribution < -0.4 is 5.32 Å². The predicted octanol–water partition coefficient (Wildman–Crippen LogP) is 2.24. The van der Waals surface area contributed by atoms with Crippen LogP contribution in [0.3, 0.4) is 0 Å². The molecule has 0 unspecified atom stereocenters. The van der Waals surface area contributed by atoms with Gasteiger partial charge in [0.25, 0.3) is 0 Å². The normalized spacial score (nSPS) is 13.8. The number of rotatable bonds is 4. The number of carbonyl (C=O) groups is 1. The highest BCUT2D eigenvalue weighted by Gasteiger charge is 2.29. The van der Waals surface area contributed by atoms with Crippen molar-refractivity contribution in [1.82, 2.24) is 4.90 Å².